The average Bonchev–Trinajstić information content (AvgIpc) is 3.45. The average molecular weight is 446 g/mol. The number of hydrogen-bond donors (Lipinski definition) is 1. The van der Waals surface area contributed by atoms with Gasteiger partial charge in [0.25, 0.3) is 0 Å². The van der Waals surface area contributed by atoms with Crippen LogP contribution in [0.4, 0.5) is 0 Å². The summed E-state index contributed by atoms with van der Waals surface area (Å²) in [7, 11) is -3.05. The number of para-hydroxylation sites is 1. The van der Waals surface area contributed by atoms with E-state index in [0.29, 0.717) is 22.7 Å². The van der Waals surface area contributed by atoms with E-state index in [0.717, 1.165) is 36.6 Å². The van der Waals surface area contributed by atoms with Crippen LogP contribution >= 0.6 is 11.8 Å². The van der Waals surface area contributed by atoms with Crippen molar-refractivity contribution < 1.29 is 13.2 Å². The van der Waals surface area contributed by atoms with Crippen molar-refractivity contribution in [2.24, 2.45) is 0 Å². The molecule has 1 atom stereocenters. The quantitative estimate of drug-likeness (QED) is 0.601. The van der Waals surface area contributed by atoms with E-state index in [4.69, 9.17) is 0 Å². The van der Waals surface area contributed by atoms with Gasteiger partial charge in [0, 0.05) is 23.0 Å². The Morgan fingerprint density at radius 1 is 1.13 bits per heavy atom. The highest BCUT2D eigenvalue weighted by atomic mass is 32.2. The summed E-state index contributed by atoms with van der Waals surface area (Å²) in [5, 5.41) is 9.90. The second-order valence-electron chi connectivity index (χ2n) is 8.05. The minimum atomic E-state index is -3.05. The second kappa shape index (κ2) is 7.81. The maximum atomic E-state index is 13.1. The van der Waals surface area contributed by atoms with Crippen LogP contribution < -0.4 is 0 Å². The summed E-state index contributed by atoms with van der Waals surface area (Å²) in [6.07, 6.45) is 4.61. The van der Waals surface area contributed by atoms with E-state index >= 15 is 0 Å². The Bertz CT molecular complexity index is 1200. The molecule has 1 aliphatic carbocycles. The van der Waals surface area contributed by atoms with Crippen molar-refractivity contribution in [1.29, 1.82) is 0 Å². The molecule has 1 N–H and O–H groups in total. The summed E-state index contributed by atoms with van der Waals surface area (Å²) >= 11 is 1.25. The summed E-state index contributed by atoms with van der Waals surface area (Å²) in [6, 6.07) is 7.76. The van der Waals surface area contributed by atoms with Gasteiger partial charge in [-0.2, -0.15) is 0 Å². The van der Waals surface area contributed by atoms with Crippen LogP contribution in [0, 0.1) is 0 Å². The Morgan fingerprint density at radius 3 is 2.70 bits per heavy atom. The van der Waals surface area contributed by atoms with Gasteiger partial charge in [0.2, 0.25) is 11.1 Å². The standard InChI is InChI=1S/C20H23N5O3S2/c26-17(25(13-5-1-2-6-13)14-9-10-30(27,28)12-14)11-29-20-22-19-18(23-24-20)15-7-3-4-8-16(15)21-19/h3-4,7-8,13-14H,1-2,5-6,9-12H2,(H,21,22,24)/t14-/m1/s1. The summed E-state index contributed by atoms with van der Waals surface area (Å²) < 4.78 is 24.0. The van der Waals surface area contributed by atoms with E-state index in [1.54, 1.807) is 0 Å². The van der Waals surface area contributed by atoms with Gasteiger partial charge in [-0.05, 0) is 25.3 Å². The molecule has 3 heterocycles. The number of rotatable bonds is 5. The molecule has 2 aromatic heterocycles. The number of carbonyl (C=O) groups excluding carboxylic acids is 1. The smallest absolute Gasteiger partial charge is 0.233 e. The van der Waals surface area contributed by atoms with E-state index in [9.17, 15) is 13.2 Å². The van der Waals surface area contributed by atoms with Gasteiger partial charge < -0.3 is 9.88 Å². The monoisotopic (exact) mass is 445 g/mol. The number of amides is 1. The number of fused-ring (bicyclic) bond motifs is 3. The topological polar surface area (TPSA) is 109 Å². The Labute approximate surface area is 178 Å². The van der Waals surface area contributed by atoms with Crippen LogP contribution in [0.25, 0.3) is 22.1 Å². The van der Waals surface area contributed by atoms with Crippen molar-refractivity contribution in [2.75, 3.05) is 17.3 Å². The number of benzene rings is 1. The Hall–Kier alpha value is -2.20. The summed E-state index contributed by atoms with van der Waals surface area (Å²) in [6.45, 7) is 0. The minimum Gasteiger partial charge on any atom is -0.338 e. The first-order valence-electron chi connectivity index (χ1n) is 10.3. The molecule has 10 heteroatoms. The predicted octanol–water partition coefficient (Wildman–Crippen LogP) is 2.56. The van der Waals surface area contributed by atoms with Crippen molar-refractivity contribution in [1.82, 2.24) is 25.1 Å². The maximum absolute atomic E-state index is 13.1. The van der Waals surface area contributed by atoms with Gasteiger partial charge in [0.05, 0.1) is 17.3 Å². The SMILES string of the molecule is O=C(CSc1nnc2c(n1)[nH]c1ccccc12)N(C1CCCC1)[C@@H]1CCS(=O)(=O)C1. The molecule has 30 heavy (non-hydrogen) atoms. The van der Waals surface area contributed by atoms with E-state index in [1.165, 1.54) is 11.8 Å². The van der Waals surface area contributed by atoms with Gasteiger partial charge in [-0.25, -0.2) is 13.4 Å². The van der Waals surface area contributed by atoms with Crippen molar-refractivity contribution in [3.05, 3.63) is 24.3 Å². The zero-order valence-corrected chi connectivity index (χ0v) is 18.1. The predicted molar refractivity (Wildman–Crippen MR) is 116 cm³/mol. The Kier molecular flexibility index (Phi) is 5.14. The lowest BCUT2D eigenvalue weighted by molar-refractivity contribution is -0.132. The van der Waals surface area contributed by atoms with Crippen LogP contribution in [0.15, 0.2) is 29.4 Å². The van der Waals surface area contributed by atoms with Gasteiger partial charge in [-0.15, -0.1) is 10.2 Å². The van der Waals surface area contributed by atoms with Gasteiger partial charge in [-0.1, -0.05) is 42.8 Å². The van der Waals surface area contributed by atoms with Crippen molar-refractivity contribution in [3.63, 3.8) is 0 Å². The molecule has 1 saturated heterocycles. The van der Waals surface area contributed by atoms with Crippen molar-refractivity contribution >= 4 is 49.6 Å². The zero-order valence-electron chi connectivity index (χ0n) is 16.5. The summed E-state index contributed by atoms with van der Waals surface area (Å²) in [4.78, 5) is 22.8. The van der Waals surface area contributed by atoms with Crippen LogP contribution in [0.3, 0.4) is 0 Å². The van der Waals surface area contributed by atoms with Crippen LogP contribution in [0.5, 0.6) is 0 Å². The molecule has 5 rings (SSSR count). The fraction of sp³-hybridized carbons (Fsp3) is 0.500. The molecular weight excluding hydrogens is 422 g/mol. The first-order valence-corrected chi connectivity index (χ1v) is 13.1. The van der Waals surface area contributed by atoms with Crippen LogP contribution in [0.1, 0.15) is 32.1 Å². The Balaban J connectivity index is 1.33. The lowest BCUT2D eigenvalue weighted by Crippen LogP contribution is -2.47. The number of carbonyl (C=O) groups is 1. The van der Waals surface area contributed by atoms with Crippen molar-refractivity contribution in [3.8, 4) is 0 Å². The van der Waals surface area contributed by atoms with E-state index in [2.05, 4.69) is 20.2 Å². The first kappa shape index (κ1) is 19.7. The number of thioether (sulfide) groups is 1. The molecule has 8 nitrogen and oxygen atoms in total. The van der Waals surface area contributed by atoms with Gasteiger partial charge in [-0.3, -0.25) is 4.79 Å². The molecule has 3 aromatic rings. The third kappa shape index (κ3) is 3.78. The number of sulfone groups is 1. The fourth-order valence-electron chi connectivity index (χ4n) is 4.65. The summed E-state index contributed by atoms with van der Waals surface area (Å²) in [5.74, 6) is 0.402. The molecular formula is C20H23N5O3S2. The van der Waals surface area contributed by atoms with Crippen LogP contribution in [0.2, 0.25) is 0 Å². The van der Waals surface area contributed by atoms with Crippen molar-refractivity contribution in [2.45, 2.75) is 49.3 Å². The fourth-order valence-corrected chi connectivity index (χ4v) is 7.02. The van der Waals surface area contributed by atoms with Gasteiger partial charge in [0.15, 0.2) is 15.5 Å². The second-order valence-corrected chi connectivity index (χ2v) is 11.2. The number of aromatic nitrogens is 4. The molecule has 2 aliphatic rings. The molecule has 1 aliphatic heterocycles. The molecule has 0 spiro atoms. The molecule has 0 unspecified atom stereocenters. The number of H-pyrrole nitrogens is 1. The Morgan fingerprint density at radius 2 is 1.93 bits per heavy atom. The first-order chi connectivity index (χ1) is 14.5. The normalized spacial score (nSPS) is 21.5. The minimum absolute atomic E-state index is 0.0330. The number of nitrogens with zero attached hydrogens (tertiary/aromatic N) is 4. The highest BCUT2D eigenvalue weighted by Crippen LogP contribution is 2.30. The molecule has 0 bridgehead atoms. The van der Waals surface area contributed by atoms with Gasteiger partial charge in [0.1, 0.15) is 5.52 Å². The van der Waals surface area contributed by atoms with Crippen LogP contribution in [-0.4, -0.2) is 68.7 Å². The number of aromatic amines is 1. The van der Waals surface area contributed by atoms with E-state index in [-0.39, 0.29) is 35.2 Å². The highest BCUT2D eigenvalue weighted by Gasteiger charge is 2.38. The molecule has 0 radical (unpaired) electrons. The zero-order chi connectivity index (χ0) is 20.7. The van der Waals surface area contributed by atoms with Gasteiger partial charge >= 0.3 is 0 Å². The molecule has 1 amide bonds. The molecule has 1 saturated carbocycles. The largest absolute Gasteiger partial charge is 0.338 e. The number of nitrogens with one attached hydrogen (secondary N) is 1. The summed E-state index contributed by atoms with van der Waals surface area (Å²) in [5.41, 5.74) is 2.31. The highest BCUT2D eigenvalue weighted by molar-refractivity contribution is 7.99. The molecule has 2 fully saturated rings. The van der Waals surface area contributed by atoms with E-state index < -0.39 is 9.84 Å². The lowest BCUT2D eigenvalue weighted by Gasteiger charge is -2.34. The maximum Gasteiger partial charge on any atom is 0.233 e. The third-order valence-electron chi connectivity index (χ3n) is 6.04. The number of hydrogen-bond acceptors (Lipinski definition) is 7. The van der Waals surface area contributed by atoms with E-state index in [1.807, 2.05) is 29.2 Å². The third-order valence-corrected chi connectivity index (χ3v) is 8.61. The lowest BCUT2D eigenvalue weighted by atomic mass is 10.1. The molecule has 158 valence electrons. The van der Waals surface area contributed by atoms with Crippen LogP contribution in [-0.2, 0) is 14.6 Å². The molecule has 1 aromatic carbocycles.